The first-order valence-corrected chi connectivity index (χ1v) is 8.71. The van der Waals surface area contributed by atoms with Gasteiger partial charge >= 0.3 is 6.01 Å². The first kappa shape index (κ1) is 17.8. The van der Waals surface area contributed by atoms with E-state index in [1.165, 1.54) is 18.9 Å². The number of nitrogens with zero attached hydrogens (tertiary/aromatic N) is 2. The molecule has 1 aromatic heterocycles. The van der Waals surface area contributed by atoms with Crippen molar-refractivity contribution in [3.05, 3.63) is 48.5 Å². The van der Waals surface area contributed by atoms with Crippen LogP contribution in [0.5, 0.6) is 11.5 Å². The average molecular weight is 371 g/mol. The molecule has 1 amide bonds. The highest BCUT2D eigenvalue weighted by molar-refractivity contribution is 8.00. The number of amides is 1. The summed E-state index contributed by atoms with van der Waals surface area (Å²) in [5.74, 6) is 1.45. The summed E-state index contributed by atoms with van der Waals surface area (Å²) in [6.07, 6.45) is 0. The predicted octanol–water partition coefficient (Wildman–Crippen LogP) is 3.48. The van der Waals surface area contributed by atoms with Crippen molar-refractivity contribution in [2.45, 2.75) is 4.90 Å². The molecule has 0 spiro atoms. The predicted molar refractivity (Wildman–Crippen MR) is 98.6 cm³/mol. The van der Waals surface area contributed by atoms with Gasteiger partial charge in [0.2, 0.25) is 5.91 Å². The molecule has 1 heterocycles. The van der Waals surface area contributed by atoms with Crippen molar-refractivity contribution in [1.82, 2.24) is 10.2 Å². The Morgan fingerprint density at radius 1 is 1.12 bits per heavy atom. The van der Waals surface area contributed by atoms with Gasteiger partial charge in [0.25, 0.3) is 5.89 Å². The SMILES string of the molecule is COc1ccc(-c2nnc(NC(=O)CSc3ccccc3)o2)c(OC)c1. The highest BCUT2D eigenvalue weighted by Gasteiger charge is 2.16. The van der Waals surface area contributed by atoms with Crippen molar-refractivity contribution in [2.75, 3.05) is 25.3 Å². The van der Waals surface area contributed by atoms with Crippen LogP contribution in [0.1, 0.15) is 0 Å². The molecule has 0 fully saturated rings. The number of ether oxygens (including phenoxy) is 2. The molecular formula is C18H17N3O4S. The van der Waals surface area contributed by atoms with Gasteiger partial charge in [0.05, 0.1) is 25.5 Å². The van der Waals surface area contributed by atoms with E-state index in [1.807, 2.05) is 30.3 Å². The zero-order valence-electron chi connectivity index (χ0n) is 14.3. The van der Waals surface area contributed by atoms with E-state index in [0.29, 0.717) is 17.1 Å². The quantitative estimate of drug-likeness (QED) is 0.636. The minimum Gasteiger partial charge on any atom is -0.497 e. The van der Waals surface area contributed by atoms with Crippen LogP contribution in [-0.2, 0) is 4.79 Å². The van der Waals surface area contributed by atoms with Gasteiger partial charge < -0.3 is 13.9 Å². The molecule has 0 aliphatic heterocycles. The van der Waals surface area contributed by atoms with Gasteiger partial charge in [0, 0.05) is 11.0 Å². The lowest BCUT2D eigenvalue weighted by atomic mass is 10.2. The average Bonchev–Trinajstić information content (AvgIpc) is 3.14. The number of hydrogen-bond acceptors (Lipinski definition) is 7. The standard InChI is InChI=1S/C18H17N3O4S/c1-23-12-8-9-14(15(10-12)24-2)17-20-21-18(25-17)19-16(22)11-26-13-6-4-3-5-7-13/h3-10H,11H2,1-2H3,(H,19,21,22). The molecule has 0 bridgehead atoms. The Labute approximate surface area is 154 Å². The van der Waals surface area contributed by atoms with E-state index in [1.54, 1.807) is 25.3 Å². The van der Waals surface area contributed by atoms with Crippen molar-refractivity contribution >= 4 is 23.7 Å². The van der Waals surface area contributed by atoms with Crippen LogP contribution in [0.4, 0.5) is 6.01 Å². The lowest BCUT2D eigenvalue weighted by Gasteiger charge is -2.07. The number of hydrogen-bond donors (Lipinski definition) is 1. The maximum absolute atomic E-state index is 12.0. The Morgan fingerprint density at radius 3 is 2.65 bits per heavy atom. The van der Waals surface area contributed by atoms with E-state index in [-0.39, 0.29) is 23.6 Å². The number of anilines is 1. The van der Waals surface area contributed by atoms with Gasteiger partial charge in [0.1, 0.15) is 11.5 Å². The van der Waals surface area contributed by atoms with Gasteiger partial charge in [-0.05, 0) is 24.3 Å². The Kier molecular flexibility index (Phi) is 5.75. The van der Waals surface area contributed by atoms with Crippen LogP contribution in [0.2, 0.25) is 0 Å². The summed E-state index contributed by atoms with van der Waals surface area (Å²) in [6.45, 7) is 0. The molecule has 0 radical (unpaired) electrons. The maximum Gasteiger partial charge on any atom is 0.322 e. The molecule has 2 aromatic carbocycles. The van der Waals surface area contributed by atoms with Crippen LogP contribution >= 0.6 is 11.8 Å². The molecule has 0 atom stereocenters. The Balaban J connectivity index is 1.65. The summed E-state index contributed by atoms with van der Waals surface area (Å²) in [6, 6.07) is 14.9. The fourth-order valence-corrected chi connectivity index (χ4v) is 2.90. The summed E-state index contributed by atoms with van der Waals surface area (Å²) in [5, 5.41) is 10.4. The first-order chi connectivity index (χ1) is 12.7. The molecule has 0 saturated carbocycles. The largest absolute Gasteiger partial charge is 0.497 e. The molecule has 26 heavy (non-hydrogen) atoms. The fraction of sp³-hybridized carbons (Fsp3) is 0.167. The third-order valence-electron chi connectivity index (χ3n) is 3.42. The second kappa shape index (κ2) is 8.39. The zero-order valence-corrected chi connectivity index (χ0v) is 15.1. The van der Waals surface area contributed by atoms with Crippen LogP contribution in [0.3, 0.4) is 0 Å². The summed E-state index contributed by atoms with van der Waals surface area (Å²) in [4.78, 5) is 13.0. The Bertz CT molecular complexity index is 883. The van der Waals surface area contributed by atoms with E-state index in [0.717, 1.165) is 4.90 Å². The van der Waals surface area contributed by atoms with Crippen LogP contribution < -0.4 is 14.8 Å². The maximum atomic E-state index is 12.0. The summed E-state index contributed by atoms with van der Waals surface area (Å²) in [5.41, 5.74) is 0.611. The number of benzene rings is 2. The number of methoxy groups -OCH3 is 2. The lowest BCUT2D eigenvalue weighted by molar-refractivity contribution is -0.113. The van der Waals surface area contributed by atoms with E-state index >= 15 is 0 Å². The minimum atomic E-state index is -0.226. The molecule has 0 aliphatic rings. The lowest BCUT2D eigenvalue weighted by Crippen LogP contribution is -2.14. The third-order valence-corrected chi connectivity index (χ3v) is 4.44. The van der Waals surface area contributed by atoms with Crippen molar-refractivity contribution in [3.63, 3.8) is 0 Å². The molecule has 7 nitrogen and oxygen atoms in total. The van der Waals surface area contributed by atoms with Gasteiger partial charge in [-0.2, -0.15) is 0 Å². The van der Waals surface area contributed by atoms with Crippen LogP contribution in [0, 0.1) is 0 Å². The third kappa shape index (κ3) is 4.34. The molecule has 0 saturated heterocycles. The molecular weight excluding hydrogens is 354 g/mol. The van der Waals surface area contributed by atoms with E-state index < -0.39 is 0 Å². The minimum absolute atomic E-state index is 0.0385. The fourth-order valence-electron chi connectivity index (χ4n) is 2.18. The second-order valence-corrected chi connectivity index (χ2v) is 6.18. The number of thioether (sulfide) groups is 1. The normalized spacial score (nSPS) is 10.4. The van der Waals surface area contributed by atoms with Crippen LogP contribution in [-0.4, -0.2) is 36.1 Å². The first-order valence-electron chi connectivity index (χ1n) is 7.73. The van der Waals surface area contributed by atoms with E-state index in [4.69, 9.17) is 13.9 Å². The topological polar surface area (TPSA) is 86.5 Å². The molecule has 1 N–H and O–H groups in total. The van der Waals surface area contributed by atoms with Crippen molar-refractivity contribution in [2.24, 2.45) is 0 Å². The van der Waals surface area contributed by atoms with Crippen LogP contribution in [0.25, 0.3) is 11.5 Å². The molecule has 134 valence electrons. The van der Waals surface area contributed by atoms with Gasteiger partial charge in [-0.15, -0.1) is 16.9 Å². The van der Waals surface area contributed by atoms with E-state index in [2.05, 4.69) is 15.5 Å². The number of nitrogens with one attached hydrogen (secondary N) is 1. The van der Waals surface area contributed by atoms with Crippen molar-refractivity contribution in [3.8, 4) is 23.0 Å². The summed E-state index contributed by atoms with van der Waals surface area (Å²) in [7, 11) is 3.11. The summed E-state index contributed by atoms with van der Waals surface area (Å²) >= 11 is 1.43. The number of aromatic nitrogens is 2. The Morgan fingerprint density at radius 2 is 1.92 bits per heavy atom. The van der Waals surface area contributed by atoms with Gasteiger partial charge in [-0.25, -0.2) is 0 Å². The molecule has 0 aliphatic carbocycles. The second-order valence-electron chi connectivity index (χ2n) is 5.13. The highest BCUT2D eigenvalue weighted by Crippen LogP contribution is 2.33. The molecule has 3 aromatic rings. The summed E-state index contributed by atoms with van der Waals surface area (Å²) < 4.78 is 16.0. The molecule has 3 rings (SSSR count). The number of carbonyl (C=O) groups is 1. The number of rotatable bonds is 7. The zero-order chi connectivity index (χ0) is 18.4. The van der Waals surface area contributed by atoms with Crippen LogP contribution in [0.15, 0.2) is 57.8 Å². The van der Waals surface area contributed by atoms with Crippen molar-refractivity contribution in [1.29, 1.82) is 0 Å². The smallest absolute Gasteiger partial charge is 0.322 e. The van der Waals surface area contributed by atoms with Crippen molar-refractivity contribution < 1.29 is 18.7 Å². The Hall–Kier alpha value is -3.00. The van der Waals surface area contributed by atoms with Gasteiger partial charge in [-0.3, -0.25) is 10.1 Å². The van der Waals surface area contributed by atoms with Gasteiger partial charge in [-0.1, -0.05) is 23.3 Å². The molecule has 0 unspecified atom stereocenters. The highest BCUT2D eigenvalue weighted by atomic mass is 32.2. The monoisotopic (exact) mass is 371 g/mol. The molecule has 8 heteroatoms. The van der Waals surface area contributed by atoms with E-state index in [9.17, 15) is 4.79 Å². The van der Waals surface area contributed by atoms with Gasteiger partial charge in [0.15, 0.2) is 0 Å². The number of carbonyl (C=O) groups excluding carboxylic acids is 1.